The van der Waals surface area contributed by atoms with E-state index in [0.29, 0.717) is 24.3 Å². The largest absolute Gasteiger partial charge is 0.481 e. The van der Waals surface area contributed by atoms with E-state index in [1.54, 1.807) is 19.2 Å². The molecule has 21 heavy (non-hydrogen) atoms. The van der Waals surface area contributed by atoms with E-state index >= 15 is 0 Å². The fourth-order valence-corrected chi connectivity index (χ4v) is 2.10. The Morgan fingerprint density at radius 2 is 2.29 bits per heavy atom. The van der Waals surface area contributed by atoms with Crippen LogP contribution in [0, 0.1) is 6.92 Å². The van der Waals surface area contributed by atoms with Crippen LogP contribution in [0.25, 0.3) is 6.08 Å². The van der Waals surface area contributed by atoms with Crippen molar-refractivity contribution in [2.45, 2.75) is 26.7 Å². The Hall–Kier alpha value is -2.57. The number of ether oxygens (including phenoxy) is 1. The number of carboxylic acids is 1. The lowest BCUT2D eigenvalue weighted by atomic mass is 10.0. The summed E-state index contributed by atoms with van der Waals surface area (Å²) in [5.74, 6) is -0.946. The second-order valence-corrected chi connectivity index (χ2v) is 4.61. The Balaban J connectivity index is 2.29. The van der Waals surface area contributed by atoms with Crippen molar-refractivity contribution in [3.8, 4) is 0 Å². The van der Waals surface area contributed by atoms with Crippen molar-refractivity contribution >= 4 is 23.9 Å². The number of carboxylic acid groups (broad SMARTS) is 1. The van der Waals surface area contributed by atoms with Crippen LogP contribution in [0.5, 0.6) is 0 Å². The van der Waals surface area contributed by atoms with E-state index in [0.717, 1.165) is 11.1 Å². The third-order valence-corrected chi connectivity index (χ3v) is 3.14. The van der Waals surface area contributed by atoms with Crippen LogP contribution in [-0.2, 0) is 20.7 Å². The Bertz CT molecular complexity index is 628. The molecule has 7 heteroatoms. The van der Waals surface area contributed by atoms with Gasteiger partial charge in [-0.1, -0.05) is 0 Å². The van der Waals surface area contributed by atoms with Gasteiger partial charge in [0.25, 0.3) is 5.91 Å². The number of nitrogens with zero attached hydrogens (tertiary/aromatic N) is 1. The van der Waals surface area contributed by atoms with Crippen LogP contribution in [0.2, 0.25) is 0 Å². The van der Waals surface area contributed by atoms with Crippen molar-refractivity contribution in [1.29, 1.82) is 0 Å². The molecule has 0 atom stereocenters. The summed E-state index contributed by atoms with van der Waals surface area (Å²) in [6, 6.07) is 0. The van der Waals surface area contributed by atoms with E-state index < -0.39 is 5.97 Å². The summed E-state index contributed by atoms with van der Waals surface area (Å²) < 4.78 is 5.29. The molecule has 0 bridgehead atoms. The molecular weight excluding hydrogens is 274 g/mol. The predicted octanol–water partition coefficient (Wildman–Crippen LogP) is 1.20. The van der Waals surface area contributed by atoms with Gasteiger partial charge in [-0.2, -0.15) is 0 Å². The number of rotatable bonds is 5. The SMILES string of the molecule is CCOC1=NNC(=O)/C1=C/c1[nH]cc(C)c1CCC(=O)O. The number of aryl methyl sites for hydroxylation is 1. The summed E-state index contributed by atoms with van der Waals surface area (Å²) in [6.07, 6.45) is 3.86. The lowest BCUT2D eigenvalue weighted by Gasteiger charge is -2.04. The highest BCUT2D eigenvalue weighted by molar-refractivity contribution is 6.24. The minimum Gasteiger partial charge on any atom is -0.481 e. The van der Waals surface area contributed by atoms with E-state index in [4.69, 9.17) is 9.84 Å². The molecule has 0 spiro atoms. The van der Waals surface area contributed by atoms with Gasteiger partial charge in [0.2, 0.25) is 5.90 Å². The van der Waals surface area contributed by atoms with E-state index in [9.17, 15) is 9.59 Å². The molecule has 1 aromatic heterocycles. The van der Waals surface area contributed by atoms with Crippen molar-refractivity contribution < 1.29 is 19.4 Å². The number of aromatic nitrogens is 1. The Labute approximate surface area is 121 Å². The molecule has 0 aliphatic carbocycles. The molecule has 0 radical (unpaired) electrons. The summed E-state index contributed by atoms with van der Waals surface area (Å²) >= 11 is 0. The molecule has 2 rings (SSSR count). The zero-order valence-corrected chi connectivity index (χ0v) is 11.9. The summed E-state index contributed by atoms with van der Waals surface area (Å²) in [5, 5.41) is 12.6. The molecule has 112 valence electrons. The van der Waals surface area contributed by atoms with E-state index in [1.165, 1.54) is 0 Å². The number of hydrogen-bond donors (Lipinski definition) is 3. The van der Waals surface area contributed by atoms with Crippen molar-refractivity contribution in [3.63, 3.8) is 0 Å². The molecular formula is C14H17N3O4. The van der Waals surface area contributed by atoms with E-state index in [-0.39, 0.29) is 18.2 Å². The molecule has 7 nitrogen and oxygen atoms in total. The third-order valence-electron chi connectivity index (χ3n) is 3.14. The highest BCUT2D eigenvalue weighted by atomic mass is 16.5. The smallest absolute Gasteiger partial charge is 0.303 e. The number of H-pyrrole nitrogens is 1. The molecule has 0 aromatic carbocycles. The highest BCUT2D eigenvalue weighted by Gasteiger charge is 2.24. The fourth-order valence-electron chi connectivity index (χ4n) is 2.10. The molecule has 3 N–H and O–H groups in total. The van der Waals surface area contributed by atoms with E-state index in [1.807, 2.05) is 6.92 Å². The molecule has 2 heterocycles. The van der Waals surface area contributed by atoms with Gasteiger partial charge in [0.05, 0.1) is 6.61 Å². The predicted molar refractivity (Wildman–Crippen MR) is 76.7 cm³/mol. The first-order valence-corrected chi connectivity index (χ1v) is 6.64. The number of aromatic amines is 1. The van der Waals surface area contributed by atoms with Gasteiger partial charge in [0.1, 0.15) is 5.57 Å². The summed E-state index contributed by atoms with van der Waals surface area (Å²) in [4.78, 5) is 25.5. The maximum Gasteiger partial charge on any atom is 0.303 e. The van der Waals surface area contributed by atoms with Crippen LogP contribution in [0.3, 0.4) is 0 Å². The van der Waals surface area contributed by atoms with Crippen molar-refractivity contribution in [2.75, 3.05) is 6.61 Å². The summed E-state index contributed by atoms with van der Waals surface area (Å²) in [5.41, 5.74) is 5.21. The highest BCUT2D eigenvalue weighted by Crippen LogP contribution is 2.20. The van der Waals surface area contributed by atoms with Crippen molar-refractivity contribution in [3.05, 3.63) is 28.6 Å². The molecule has 1 aliphatic rings. The Morgan fingerprint density at radius 3 is 2.95 bits per heavy atom. The lowest BCUT2D eigenvalue weighted by Crippen LogP contribution is -2.14. The zero-order valence-electron chi connectivity index (χ0n) is 11.9. The summed E-state index contributed by atoms with van der Waals surface area (Å²) in [7, 11) is 0. The molecule has 0 saturated heterocycles. The monoisotopic (exact) mass is 291 g/mol. The average molecular weight is 291 g/mol. The number of nitrogens with one attached hydrogen (secondary N) is 2. The second-order valence-electron chi connectivity index (χ2n) is 4.61. The molecule has 0 saturated carbocycles. The van der Waals surface area contributed by atoms with Gasteiger partial charge in [-0.15, -0.1) is 5.10 Å². The minimum atomic E-state index is -0.857. The quantitative estimate of drug-likeness (QED) is 0.709. The van der Waals surface area contributed by atoms with Crippen LogP contribution in [0.1, 0.15) is 30.2 Å². The molecule has 0 fully saturated rings. The van der Waals surface area contributed by atoms with Crippen LogP contribution >= 0.6 is 0 Å². The molecule has 0 unspecified atom stereocenters. The first-order valence-electron chi connectivity index (χ1n) is 6.64. The van der Waals surface area contributed by atoms with E-state index in [2.05, 4.69) is 15.5 Å². The normalized spacial score (nSPS) is 16.0. The van der Waals surface area contributed by atoms with Gasteiger partial charge >= 0.3 is 5.97 Å². The van der Waals surface area contributed by atoms with Gasteiger partial charge in [0.15, 0.2) is 0 Å². The molecule has 1 aromatic rings. The number of hydrazone groups is 1. The average Bonchev–Trinajstić information content (AvgIpc) is 2.95. The van der Waals surface area contributed by atoms with Crippen LogP contribution < -0.4 is 5.43 Å². The van der Waals surface area contributed by atoms with Crippen LogP contribution in [-0.4, -0.2) is 34.5 Å². The van der Waals surface area contributed by atoms with Crippen molar-refractivity contribution in [2.24, 2.45) is 5.10 Å². The van der Waals surface area contributed by atoms with Gasteiger partial charge in [0, 0.05) is 18.3 Å². The maximum absolute atomic E-state index is 11.8. The Morgan fingerprint density at radius 1 is 1.52 bits per heavy atom. The van der Waals surface area contributed by atoms with Gasteiger partial charge < -0.3 is 14.8 Å². The minimum absolute atomic E-state index is 0.0352. The standard InChI is InChI=1S/C14H17N3O4/c1-3-21-14-10(13(20)16-17-14)6-11-9(4-5-12(18)19)8(2)7-15-11/h6-7,15H,3-5H2,1-2H3,(H,16,20)(H,18,19)/b10-6-. The first-order chi connectivity index (χ1) is 10.0. The lowest BCUT2D eigenvalue weighted by molar-refractivity contribution is -0.137. The number of aliphatic carboxylic acids is 1. The number of carbonyl (C=O) groups excluding carboxylic acids is 1. The summed E-state index contributed by atoms with van der Waals surface area (Å²) in [6.45, 7) is 4.10. The van der Waals surface area contributed by atoms with Crippen LogP contribution in [0.4, 0.5) is 0 Å². The fraction of sp³-hybridized carbons (Fsp3) is 0.357. The Kier molecular flexibility index (Phi) is 4.42. The zero-order chi connectivity index (χ0) is 15.4. The van der Waals surface area contributed by atoms with Gasteiger partial charge in [-0.25, -0.2) is 5.43 Å². The van der Waals surface area contributed by atoms with Crippen molar-refractivity contribution in [1.82, 2.24) is 10.4 Å². The topological polar surface area (TPSA) is 104 Å². The molecule has 1 amide bonds. The first kappa shape index (κ1) is 14.8. The van der Waals surface area contributed by atoms with Crippen LogP contribution in [0.15, 0.2) is 16.9 Å². The number of carbonyl (C=O) groups is 2. The van der Waals surface area contributed by atoms with Gasteiger partial charge in [-0.3, -0.25) is 9.59 Å². The maximum atomic E-state index is 11.8. The van der Waals surface area contributed by atoms with Gasteiger partial charge in [-0.05, 0) is 37.5 Å². The molecule has 1 aliphatic heterocycles. The second kappa shape index (κ2) is 6.25. The number of hydrogen-bond acceptors (Lipinski definition) is 4. The number of amides is 1. The third kappa shape index (κ3) is 3.31.